The molecular weight excluding hydrogens is 327 g/mol. The van der Waals surface area contributed by atoms with Gasteiger partial charge < -0.3 is 10.2 Å². The molecule has 90 valence electrons. The second kappa shape index (κ2) is 4.48. The van der Waals surface area contributed by atoms with E-state index in [4.69, 9.17) is 0 Å². The first-order valence-electron chi connectivity index (χ1n) is 6.07. The molecule has 17 heavy (non-hydrogen) atoms. The van der Waals surface area contributed by atoms with Crippen molar-refractivity contribution in [2.75, 3.05) is 11.9 Å². The van der Waals surface area contributed by atoms with Gasteiger partial charge in [-0.15, -0.1) is 0 Å². The van der Waals surface area contributed by atoms with Crippen molar-refractivity contribution < 1.29 is 4.79 Å². The average Bonchev–Trinajstić information content (AvgIpc) is 3.09. The predicted octanol–water partition coefficient (Wildman–Crippen LogP) is 2.47. The van der Waals surface area contributed by atoms with Crippen LogP contribution in [0.2, 0.25) is 0 Å². The minimum absolute atomic E-state index is 0.0217. The van der Waals surface area contributed by atoms with E-state index in [1.807, 2.05) is 23.1 Å². The Morgan fingerprint density at radius 3 is 2.71 bits per heavy atom. The third-order valence-electron chi connectivity index (χ3n) is 3.43. The molecule has 1 aromatic rings. The van der Waals surface area contributed by atoms with Gasteiger partial charge in [0.25, 0.3) is 0 Å². The fourth-order valence-corrected chi connectivity index (χ4v) is 2.89. The van der Waals surface area contributed by atoms with Crippen LogP contribution in [-0.4, -0.2) is 29.4 Å². The molecule has 1 aliphatic heterocycles. The summed E-state index contributed by atoms with van der Waals surface area (Å²) in [7, 11) is 0. The maximum absolute atomic E-state index is 12.2. The smallest absolute Gasteiger partial charge is 0.245 e. The number of hydrogen-bond acceptors (Lipinski definition) is 2. The third kappa shape index (κ3) is 2.27. The molecule has 4 heteroatoms. The van der Waals surface area contributed by atoms with Crippen molar-refractivity contribution >= 4 is 34.2 Å². The van der Waals surface area contributed by atoms with Crippen molar-refractivity contribution in [1.29, 1.82) is 0 Å². The fraction of sp³-hybridized carbons (Fsp3) is 0.462. The van der Waals surface area contributed by atoms with Crippen LogP contribution in [0.4, 0.5) is 5.69 Å². The van der Waals surface area contributed by atoms with Crippen LogP contribution in [0.15, 0.2) is 24.3 Å². The summed E-state index contributed by atoms with van der Waals surface area (Å²) in [5.74, 6) is 0.284. The zero-order valence-corrected chi connectivity index (χ0v) is 11.7. The molecule has 1 aromatic carbocycles. The van der Waals surface area contributed by atoms with Crippen LogP contribution in [0, 0.1) is 3.57 Å². The zero-order valence-electron chi connectivity index (χ0n) is 9.53. The van der Waals surface area contributed by atoms with Crippen molar-refractivity contribution in [1.82, 2.24) is 4.90 Å². The summed E-state index contributed by atoms with van der Waals surface area (Å²) in [6, 6.07) is 8.63. The number of rotatable bonds is 3. The highest BCUT2D eigenvalue weighted by molar-refractivity contribution is 14.1. The maximum Gasteiger partial charge on any atom is 0.245 e. The van der Waals surface area contributed by atoms with Crippen molar-refractivity contribution in [2.24, 2.45) is 0 Å². The Hall–Kier alpha value is -0.780. The van der Waals surface area contributed by atoms with Gasteiger partial charge in [0.2, 0.25) is 5.91 Å². The van der Waals surface area contributed by atoms with Crippen molar-refractivity contribution in [3.05, 3.63) is 27.8 Å². The van der Waals surface area contributed by atoms with Gasteiger partial charge in [0.05, 0.1) is 0 Å². The van der Waals surface area contributed by atoms with Crippen LogP contribution in [0.3, 0.4) is 0 Å². The number of nitrogens with zero attached hydrogens (tertiary/aromatic N) is 1. The van der Waals surface area contributed by atoms with Crippen molar-refractivity contribution in [2.45, 2.75) is 31.3 Å². The van der Waals surface area contributed by atoms with E-state index in [2.05, 4.69) is 34.0 Å². The molecular formula is C13H15IN2O. The van der Waals surface area contributed by atoms with Crippen LogP contribution in [0.1, 0.15) is 19.3 Å². The number of para-hydroxylation sites is 1. The minimum Gasteiger partial charge on any atom is -0.373 e. The molecule has 0 aromatic heterocycles. The van der Waals surface area contributed by atoms with E-state index in [9.17, 15) is 4.79 Å². The average molecular weight is 342 g/mol. The van der Waals surface area contributed by atoms with Crippen LogP contribution in [0.5, 0.6) is 0 Å². The summed E-state index contributed by atoms with van der Waals surface area (Å²) >= 11 is 2.30. The first-order valence-corrected chi connectivity index (χ1v) is 7.15. The van der Waals surface area contributed by atoms with Crippen LogP contribution >= 0.6 is 22.6 Å². The molecule has 2 fully saturated rings. The van der Waals surface area contributed by atoms with Crippen LogP contribution < -0.4 is 5.32 Å². The first kappa shape index (κ1) is 11.3. The first-order chi connectivity index (χ1) is 8.25. The normalized spacial score (nSPS) is 24.2. The molecule has 3 nitrogen and oxygen atoms in total. The SMILES string of the molecule is O=C1[C@@H](Nc2ccccc2I)CCN1C1CC1. The highest BCUT2D eigenvalue weighted by Gasteiger charge is 2.40. The summed E-state index contributed by atoms with van der Waals surface area (Å²) in [4.78, 5) is 14.2. The van der Waals surface area contributed by atoms with E-state index in [1.165, 1.54) is 16.4 Å². The molecule has 1 N–H and O–H groups in total. The second-order valence-electron chi connectivity index (χ2n) is 4.73. The fourth-order valence-electron chi connectivity index (χ4n) is 2.35. The van der Waals surface area contributed by atoms with Gasteiger partial charge in [-0.05, 0) is 54.0 Å². The number of carbonyl (C=O) groups excluding carboxylic acids is 1. The summed E-state index contributed by atoms with van der Waals surface area (Å²) < 4.78 is 1.17. The molecule has 0 radical (unpaired) electrons. The Balaban J connectivity index is 1.70. The standard InChI is InChI=1S/C13H15IN2O/c14-10-3-1-2-4-11(10)15-12-7-8-16(13(12)17)9-5-6-9/h1-4,9,12,15H,5-8H2/t12-/m0/s1. The molecule has 1 atom stereocenters. The molecule has 1 aliphatic carbocycles. The quantitative estimate of drug-likeness (QED) is 0.856. The number of halogens is 1. The molecule has 0 unspecified atom stereocenters. The highest BCUT2D eigenvalue weighted by Crippen LogP contribution is 2.31. The number of carbonyl (C=O) groups is 1. The van der Waals surface area contributed by atoms with E-state index < -0.39 is 0 Å². The van der Waals surface area contributed by atoms with Crippen molar-refractivity contribution in [3.63, 3.8) is 0 Å². The van der Waals surface area contributed by atoms with E-state index in [0.717, 1.165) is 18.7 Å². The van der Waals surface area contributed by atoms with Gasteiger partial charge >= 0.3 is 0 Å². The predicted molar refractivity (Wildman–Crippen MR) is 75.9 cm³/mol. The van der Waals surface area contributed by atoms with Crippen LogP contribution in [0.25, 0.3) is 0 Å². The van der Waals surface area contributed by atoms with E-state index in [1.54, 1.807) is 0 Å². The summed E-state index contributed by atoms with van der Waals surface area (Å²) in [5.41, 5.74) is 1.07. The van der Waals surface area contributed by atoms with E-state index in [0.29, 0.717) is 6.04 Å². The summed E-state index contributed by atoms with van der Waals surface area (Å²) in [6.07, 6.45) is 3.32. The molecule has 3 rings (SSSR count). The number of benzene rings is 1. The summed E-state index contributed by atoms with van der Waals surface area (Å²) in [6.45, 7) is 0.921. The van der Waals surface area contributed by atoms with Gasteiger partial charge in [-0.3, -0.25) is 4.79 Å². The van der Waals surface area contributed by atoms with Gasteiger partial charge in [0.1, 0.15) is 6.04 Å². The van der Waals surface area contributed by atoms with Gasteiger partial charge in [-0.2, -0.15) is 0 Å². The number of anilines is 1. The van der Waals surface area contributed by atoms with Gasteiger partial charge in [-0.25, -0.2) is 0 Å². The third-order valence-corrected chi connectivity index (χ3v) is 4.37. The Bertz CT molecular complexity index is 445. The Kier molecular flexibility index (Phi) is 2.98. The molecule has 0 spiro atoms. The molecule has 1 amide bonds. The van der Waals surface area contributed by atoms with Gasteiger partial charge in [-0.1, -0.05) is 12.1 Å². The zero-order chi connectivity index (χ0) is 11.8. The second-order valence-corrected chi connectivity index (χ2v) is 5.89. The Labute approximate surface area is 115 Å². The number of amides is 1. The number of likely N-dealkylation sites (tertiary alicyclic amines) is 1. The van der Waals surface area contributed by atoms with Crippen LogP contribution in [-0.2, 0) is 4.79 Å². The van der Waals surface area contributed by atoms with E-state index >= 15 is 0 Å². The molecule has 2 aliphatic rings. The lowest BCUT2D eigenvalue weighted by atomic mass is 10.2. The Morgan fingerprint density at radius 1 is 1.24 bits per heavy atom. The molecule has 1 saturated carbocycles. The minimum atomic E-state index is -0.0217. The number of nitrogens with one attached hydrogen (secondary N) is 1. The van der Waals surface area contributed by atoms with Crippen molar-refractivity contribution in [3.8, 4) is 0 Å². The monoisotopic (exact) mass is 342 g/mol. The largest absolute Gasteiger partial charge is 0.373 e. The van der Waals surface area contributed by atoms with Gasteiger partial charge in [0.15, 0.2) is 0 Å². The van der Waals surface area contributed by atoms with Gasteiger partial charge in [0, 0.05) is 21.8 Å². The summed E-state index contributed by atoms with van der Waals surface area (Å²) in [5, 5.41) is 3.37. The lowest BCUT2D eigenvalue weighted by Gasteiger charge is -2.17. The lowest BCUT2D eigenvalue weighted by Crippen LogP contribution is -2.34. The number of hydrogen-bond donors (Lipinski definition) is 1. The van der Waals surface area contributed by atoms with E-state index in [-0.39, 0.29) is 11.9 Å². The molecule has 0 bridgehead atoms. The maximum atomic E-state index is 12.2. The Morgan fingerprint density at radius 2 is 2.00 bits per heavy atom. The molecule has 1 heterocycles. The topological polar surface area (TPSA) is 32.3 Å². The highest BCUT2D eigenvalue weighted by atomic mass is 127. The lowest BCUT2D eigenvalue weighted by molar-refractivity contribution is -0.128. The molecule has 1 saturated heterocycles.